The van der Waals surface area contributed by atoms with Crippen molar-refractivity contribution in [2.45, 2.75) is 19.8 Å². The summed E-state index contributed by atoms with van der Waals surface area (Å²) >= 11 is 0. The number of unbranched alkanes of at least 4 members (excludes halogenated alkanes) is 1. The molecule has 1 N–H and O–H groups in total. The fourth-order valence-electron chi connectivity index (χ4n) is 0.425. The van der Waals surface area contributed by atoms with Crippen LogP contribution >= 0.6 is 0 Å². The van der Waals surface area contributed by atoms with Gasteiger partial charge in [0, 0.05) is 19.9 Å². The summed E-state index contributed by atoms with van der Waals surface area (Å²) in [5, 5.41) is 2.56. The predicted octanol–water partition coefficient (Wildman–Crippen LogP) is 0.0124. The summed E-state index contributed by atoms with van der Waals surface area (Å²) in [6.45, 7) is 2.02. The number of hydrogen-bond donors (Lipinski definition) is 1. The Bertz CT molecular complexity index is 101. The van der Waals surface area contributed by atoms with Gasteiger partial charge in [0.2, 0.25) is 5.91 Å². The summed E-state index contributed by atoms with van der Waals surface area (Å²) in [5.41, 5.74) is 0. The van der Waals surface area contributed by atoms with E-state index in [2.05, 4.69) is 5.32 Å². The molecule has 0 saturated carbocycles. The summed E-state index contributed by atoms with van der Waals surface area (Å²) < 4.78 is 0. The van der Waals surface area contributed by atoms with Crippen molar-refractivity contribution in [2.24, 2.45) is 0 Å². The smallest absolute Gasteiger partial charge is 0.216 e. The molecule has 0 spiro atoms. The topological polar surface area (TPSA) is 46.2 Å². The fourth-order valence-corrected chi connectivity index (χ4v) is 0.425. The zero-order valence-corrected chi connectivity index (χ0v) is 5.44. The van der Waals surface area contributed by atoms with E-state index in [1.807, 2.05) is 0 Å². The summed E-state index contributed by atoms with van der Waals surface area (Å²) in [6.07, 6.45) is 2.83. The molecule has 0 unspecified atom stereocenters. The largest absolute Gasteiger partial charge is 0.356 e. The van der Waals surface area contributed by atoms with E-state index in [-0.39, 0.29) is 5.91 Å². The van der Waals surface area contributed by atoms with Crippen molar-refractivity contribution in [1.29, 1.82) is 0 Å². The second-order valence-corrected chi connectivity index (χ2v) is 1.73. The first-order chi connectivity index (χ1) is 4.27. The molecular formula is C6H10NO2. The predicted molar refractivity (Wildman–Crippen MR) is 33.6 cm³/mol. The van der Waals surface area contributed by atoms with Crippen LogP contribution in [0, 0.1) is 0 Å². The van der Waals surface area contributed by atoms with E-state index in [1.54, 1.807) is 6.29 Å². The van der Waals surface area contributed by atoms with E-state index < -0.39 is 0 Å². The highest BCUT2D eigenvalue weighted by atomic mass is 16.1. The molecule has 3 heteroatoms. The van der Waals surface area contributed by atoms with Crippen LogP contribution in [-0.4, -0.2) is 18.7 Å². The Hall–Kier alpha value is -0.860. The maximum absolute atomic E-state index is 10.2. The third-order valence-corrected chi connectivity index (χ3v) is 0.830. The van der Waals surface area contributed by atoms with Gasteiger partial charge in [-0.3, -0.25) is 9.59 Å². The zero-order chi connectivity index (χ0) is 7.11. The van der Waals surface area contributed by atoms with Gasteiger partial charge in [0.25, 0.3) is 0 Å². The fraction of sp³-hybridized carbons (Fsp3) is 0.667. The molecule has 51 valence electrons. The Morgan fingerprint density at radius 2 is 2.33 bits per heavy atom. The Balaban J connectivity index is 2.91. The van der Waals surface area contributed by atoms with Gasteiger partial charge in [-0.05, 0) is 6.42 Å². The molecule has 0 aliphatic rings. The van der Waals surface area contributed by atoms with E-state index in [9.17, 15) is 9.59 Å². The Labute approximate surface area is 54.4 Å². The molecule has 0 aromatic rings. The van der Waals surface area contributed by atoms with Crippen LogP contribution in [-0.2, 0) is 9.59 Å². The molecule has 0 rings (SSSR count). The molecule has 0 aliphatic carbocycles. The lowest BCUT2D eigenvalue weighted by Gasteiger charge is -1.95. The number of rotatable bonds is 4. The van der Waals surface area contributed by atoms with Gasteiger partial charge in [-0.1, -0.05) is 0 Å². The van der Waals surface area contributed by atoms with Gasteiger partial charge in [-0.2, -0.15) is 0 Å². The first kappa shape index (κ1) is 8.14. The molecule has 0 fully saturated rings. The highest BCUT2D eigenvalue weighted by molar-refractivity contribution is 5.72. The van der Waals surface area contributed by atoms with E-state index >= 15 is 0 Å². The highest BCUT2D eigenvalue weighted by Crippen LogP contribution is 1.79. The van der Waals surface area contributed by atoms with Crippen molar-refractivity contribution in [3.8, 4) is 0 Å². The maximum Gasteiger partial charge on any atom is 0.216 e. The SMILES string of the molecule is CC(=O)NCCC[C]=O. The molecule has 0 saturated heterocycles. The normalized spacial score (nSPS) is 8.56. The Kier molecular flexibility index (Phi) is 4.78. The molecule has 1 radical (unpaired) electrons. The molecule has 0 aliphatic heterocycles. The molecular weight excluding hydrogens is 118 g/mol. The first-order valence-corrected chi connectivity index (χ1v) is 2.87. The van der Waals surface area contributed by atoms with Gasteiger partial charge in [0.05, 0.1) is 0 Å². The van der Waals surface area contributed by atoms with Crippen LogP contribution in [0.4, 0.5) is 0 Å². The summed E-state index contributed by atoms with van der Waals surface area (Å²) in [5.74, 6) is -0.0547. The van der Waals surface area contributed by atoms with Crippen molar-refractivity contribution in [3.05, 3.63) is 0 Å². The van der Waals surface area contributed by atoms with Gasteiger partial charge in [0.15, 0.2) is 6.29 Å². The summed E-state index contributed by atoms with van der Waals surface area (Å²) in [4.78, 5) is 19.8. The third-order valence-electron chi connectivity index (χ3n) is 0.830. The zero-order valence-electron chi connectivity index (χ0n) is 5.44. The van der Waals surface area contributed by atoms with E-state index in [0.717, 1.165) is 0 Å². The lowest BCUT2D eigenvalue weighted by Crippen LogP contribution is -2.20. The highest BCUT2D eigenvalue weighted by Gasteiger charge is 1.88. The molecule has 0 aromatic carbocycles. The average molecular weight is 128 g/mol. The van der Waals surface area contributed by atoms with Crippen LogP contribution in [0.15, 0.2) is 0 Å². The minimum atomic E-state index is -0.0547. The second kappa shape index (κ2) is 5.28. The van der Waals surface area contributed by atoms with Gasteiger partial charge < -0.3 is 5.32 Å². The van der Waals surface area contributed by atoms with Gasteiger partial charge in [-0.25, -0.2) is 0 Å². The van der Waals surface area contributed by atoms with Crippen LogP contribution in [0.3, 0.4) is 0 Å². The number of carbonyl (C=O) groups excluding carboxylic acids is 2. The van der Waals surface area contributed by atoms with E-state index in [1.165, 1.54) is 6.92 Å². The lowest BCUT2D eigenvalue weighted by atomic mass is 10.3. The maximum atomic E-state index is 10.2. The monoisotopic (exact) mass is 128 g/mol. The van der Waals surface area contributed by atoms with Crippen LogP contribution in [0.5, 0.6) is 0 Å². The third kappa shape index (κ3) is 7.14. The van der Waals surface area contributed by atoms with Crippen LogP contribution in [0.2, 0.25) is 0 Å². The first-order valence-electron chi connectivity index (χ1n) is 2.87. The Morgan fingerprint density at radius 1 is 1.67 bits per heavy atom. The van der Waals surface area contributed by atoms with Crippen LogP contribution in [0.1, 0.15) is 19.8 Å². The van der Waals surface area contributed by atoms with Crippen molar-refractivity contribution >= 4 is 12.2 Å². The van der Waals surface area contributed by atoms with Crippen molar-refractivity contribution in [1.82, 2.24) is 5.32 Å². The van der Waals surface area contributed by atoms with Gasteiger partial charge >= 0.3 is 0 Å². The molecule has 0 atom stereocenters. The Morgan fingerprint density at radius 3 is 2.78 bits per heavy atom. The van der Waals surface area contributed by atoms with Crippen LogP contribution in [0.25, 0.3) is 0 Å². The van der Waals surface area contributed by atoms with Gasteiger partial charge in [0.1, 0.15) is 0 Å². The number of nitrogens with one attached hydrogen (secondary N) is 1. The number of hydrogen-bond acceptors (Lipinski definition) is 2. The summed E-state index contributed by atoms with van der Waals surface area (Å²) in [6, 6.07) is 0. The van der Waals surface area contributed by atoms with Crippen LogP contribution < -0.4 is 5.32 Å². The molecule has 3 nitrogen and oxygen atoms in total. The molecule has 9 heavy (non-hydrogen) atoms. The van der Waals surface area contributed by atoms with Crippen molar-refractivity contribution in [3.63, 3.8) is 0 Å². The minimum absolute atomic E-state index is 0.0547. The minimum Gasteiger partial charge on any atom is -0.356 e. The number of amides is 1. The standard InChI is InChI=1S/C6H10NO2/c1-6(9)7-4-2-3-5-8/h2-4H2,1H3,(H,7,9). The molecule has 0 aromatic heterocycles. The van der Waals surface area contributed by atoms with E-state index in [4.69, 9.17) is 0 Å². The number of carbonyl (C=O) groups is 1. The molecule has 1 amide bonds. The van der Waals surface area contributed by atoms with Crippen molar-refractivity contribution in [2.75, 3.05) is 6.54 Å². The van der Waals surface area contributed by atoms with E-state index in [0.29, 0.717) is 19.4 Å². The van der Waals surface area contributed by atoms with Crippen molar-refractivity contribution < 1.29 is 9.59 Å². The lowest BCUT2D eigenvalue weighted by molar-refractivity contribution is -0.118. The molecule has 0 heterocycles. The van der Waals surface area contributed by atoms with Gasteiger partial charge in [-0.15, -0.1) is 0 Å². The quantitative estimate of drug-likeness (QED) is 0.542. The summed E-state index contributed by atoms with van der Waals surface area (Å²) in [7, 11) is 0. The second-order valence-electron chi connectivity index (χ2n) is 1.73. The average Bonchev–Trinajstić information content (AvgIpc) is 1.80. The molecule has 0 bridgehead atoms.